The Morgan fingerprint density at radius 2 is 1.38 bits per heavy atom. The topological polar surface area (TPSA) is 72.8 Å². The highest BCUT2D eigenvalue weighted by atomic mass is 16.6. The van der Waals surface area contributed by atoms with E-state index in [9.17, 15) is 14.7 Å². The van der Waals surface area contributed by atoms with E-state index in [1.54, 1.807) is 24.3 Å². The molecule has 2 saturated heterocycles. The summed E-state index contributed by atoms with van der Waals surface area (Å²) in [5.74, 6) is -0.764. The van der Waals surface area contributed by atoms with Gasteiger partial charge in [0.15, 0.2) is 0 Å². The lowest BCUT2D eigenvalue weighted by Gasteiger charge is -2.47. The molecule has 0 spiro atoms. The van der Waals surface area contributed by atoms with E-state index >= 15 is 0 Å². The van der Waals surface area contributed by atoms with Crippen molar-refractivity contribution < 1.29 is 28.7 Å². The van der Waals surface area contributed by atoms with Crippen LogP contribution in [0.25, 0.3) is 0 Å². The summed E-state index contributed by atoms with van der Waals surface area (Å²) in [4.78, 5) is 25.4. The molecule has 0 radical (unpaired) electrons. The van der Waals surface area contributed by atoms with Gasteiger partial charge in [0, 0.05) is 37.7 Å². The SMILES string of the molecule is CCOC(=O)CCc1ccc(C[N+]2(C)[C@@H]3CC[C@H]2CC(OC(=O)C(O)(c2ccccc2)c2ccccc2)C3)cc1. The smallest absolute Gasteiger partial charge is 0.347 e. The molecule has 6 nitrogen and oxygen atoms in total. The van der Waals surface area contributed by atoms with Crippen molar-refractivity contribution in [3.05, 3.63) is 107 Å². The van der Waals surface area contributed by atoms with Crippen molar-refractivity contribution in [2.75, 3.05) is 13.7 Å². The minimum absolute atomic E-state index is 0.157. The number of rotatable bonds is 10. The third-order valence-corrected chi connectivity index (χ3v) is 8.99. The molecule has 6 heteroatoms. The molecule has 1 N–H and O–H groups in total. The summed E-state index contributed by atoms with van der Waals surface area (Å²) in [6.45, 7) is 3.16. The van der Waals surface area contributed by atoms with Crippen LogP contribution in [0.5, 0.6) is 0 Å². The first kappa shape index (κ1) is 28.1. The number of nitrogens with zero attached hydrogens (tertiary/aromatic N) is 1. The van der Waals surface area contributed by atoms with Gasteiger partial charge >= 0.3 is 11.9 Å². The Hall–Kier alpha value is -3.48. The Morgan fingerprint density at radius 3 is 1.90 bits per heavy atom. The zero-order valence-corrected chi connectivity index (χ0v) is 23.5. The van der Waals surface area contributed by atoms with Crippen LogP contribution in [0, 0.1) is 0 Å². The van der Waals surface area contributed by atoms with Crippen molar-refractivity contribution in [2.45, 2.75) is 75.8 Å². The van der Waals surface area contributed by atoms with E-state index in [-0.39, 0.29) is 12.1 Å². The molecule has 5 rings (SSSR count). The van der Waals surface area contributed by atoms with Crippen molar-refractivity contribution in [1.82, 2.24) is 0 Å². The first-order valence-corrected chi connectivity index (χ1v) is 14.5. The quantitative estimate of drug-likeness (QED) is 0.278. The molecule has 0 amide bonds. The minimum atomic E-state index is -1.85. The highest BCUT2D eigenvalue weighted by Crippen LogP contribution is 2.44. The Labute approximate surface area is 237 Å². The molecular formula is C34H40NO5+. The van der Waals surface area contributed by atoms with Gasteiger partial charge in [0.25, 0.3) is 0 Å². The molecule has 2 unspecified atom stereocenters. The standard InChI is InChI=1S/C34H40NO5/c1-3-39-32(36)21-18-25-14-16-26(17-15-25)24-35(2)29-19-20-30(35)23-31(22-29)40-33(37)34(38,27-10-6-4-7-11-27)28-12-8-5-9-13-28/h4-17,29-31,38H,3,18-24H2,1-2H3/q+1/t29-,30+,31?,35?. The number of esters is 2. The first-order valence-electron chi connectivity index (χ1n) is 14.5. The van der Waals surface area contributed by atoms with Crippen LogP contribution in [0.4, 0.5) is 0 Å². The van der Waals surface area contributed by atoms with Gasteiger partial charge in [-0.25, -0.2) is 4.79 Å². The van der Waals surface area contributed by atoms with Gasteiger partial charge in [0.2, 0.25) is 5.60 Å². The number of piperidine rings is 1. The van der Waals surface area contributed by atoms with E-state index in [1.807, 2.05) is 43.3 Å². The summed E-state index contributed by atoms with van der Waals surface area (Å²) < 4.78 is 12.1. The lowest BCUT2D eigenvalue weighted by atomic mass is 9.86. The van der Waals surface area contributed by atoms with Crippen LogP contribution in [0.1, 0.15) is 61.3 Å². The first-order chi connectivity index (χ1) is 19.3. The van der Waals surface area contributed by atoms with Crippen molar-refractivity contribution in [2.24, 2.45) is 0 Å². The Bertz CT molecular complexity index is 1240. The summed E-state index contributed by atoms with van der Waals surface area (Å²) in [5, 5.41) is 11.8. The molecule has 2 fully saturated rings. The largest absolute Gasteiger partial charge is 0.466 e. The van der Waals surface area contributed by atoms with Gasteiger partial charge in [0.05, 0.1) is 25.7 Å². The number of carbonyl (C=O) groups excluding carboxylic acids is 2. The van der Waals surface area contributed by atoms with Crippen LogP contribution in [0.2, 0.25) is 0 Å². The molecule has 0 saturated carbocycles. The van der Waals surface area contributed by atoms with Gasteiger partial charge in [-0.2, -0.15) is 0 Å². The maximum Gasteiger partial charge on any atom is 0.347 e. The maximum atomic E-state index is 13.7. The van der Waals surface area contributed by atoms with E-state index < -0.39 is 11.6 Å². The van der Waals surface area contributed by atoms with Gasteiger partial charge in [-0.15, -0.1) is 0 Å². The minimum Gasteiger partial charge on any atom is -0.466 e. The second-order valence-electron chi connectivity index (χ2n) is 11.5. The van der Waals surface area contributed by atoms with Gasteiger partial charge in [-0.1, -0.05) is 84.9 Å². The number of ether oxygens (including phenoxy) is 2. The van der Waals surface area contributed by atoms with E-state index in [2.05, 4.69) is 31.3 Å². The van der Waals surface area contributed by atoms with Crippen LogP contribution < -0.4 is 0 Å². The molecule has 0 aliphatic carbocycles. The Balaban J connectivity index is 1.25. The van der Waals surface area contributed by atoms with Crippen LogP contribution in [0.15, 0.2) is 84.9 Å². The molecular weight excluding hydrogens is 502 g/mol. The molecule has 3 aromatic carbocycles. The molecule has 4 atom stereocenters. The van der Waals surface area contributed by atoms with E-state index in [0.29, 0.717) is 42.7 Å². The van der Waals surface area contributed by atoms with Crippen LogP contribution >= 0.6 is 0 Å². The molecule has 0 aromatic heterocycles. The van der Waals surface area contributed by atoms with Gasteiger partial charge in [-0.3, -0.25) is 4.79 Å². The highest BCUT2D eigenvalue weighted by molar-refractivity contribution is 5.85. The van der Waals surface area contributed by atoms with Crippen LogP contribution in [-0.4, -0.2) is 53.4 Å². The van der Waals surface area contributed by atoms with Crippen molar-refractivity contribution >= 4 is 11.9 Å². The predicted octanol–water partition coefficient (Wildman–Crippen LogP) is 5.30. The van der Waals surface area contributed by atoms with Gasteiger partial charge in [-0.05, 0) is 30.0 Å². The van der Waals surface area contributed by atoms with Crippen LogP contribution in [0.3, 0.4) is 0 Å². The fraction of sp³-hybridized carbons (Fsp3) is 0.412. The number of aliphatic hydroxyl groups is 1. The Morgan fingerprint density at radius 1 is 0.850 bits per heavy atom. The zero-order chi connectivity index (χ0) is 28.2. The lowest BCUT2D eigenvalue weighted by molar-refractivity contribution is -0.961. The third-order valence-electron chi connectivity index (χ3n) is 8.99. The number of carbonyl (C=O) groups is 2. The molecule has 2 aliphatic rings. The number of fused-ring (bicyclic) bond motifs is 2. The summed E-state index contributed by atoms with van der Waals surface area (Å²) in [6.07, 6.45) is 4.64. The van der Waals surface area contributed by atoms with Crippen LogP contribution in [-0.2, 0) is 37.6 Å². The summed E-state index contributed by atoms with van der Waals surface area (Å²) in [6, 6.07) is 27.5. The van der Waals surface area contributed by atoms with Crippen molar-refractivity contribution in [3.8, 4) is 0 Å². The number of benzene rings is 3. The number of quaternary nitrogens is 1. The number of hydrogen-bond acceptors (Lipinski definition) is 5. The molecule has 2 heterocycles. The van der Waals surface area contributed by atoms with Gasteiger partial charge in [0.1, 0.15) is 12.6 Å². The fourth-order valence-corrected chi connectivity index (χ4v) is 6.73. The zero-order valence-electron chi connectivity index (χ0n) is 23.5. The van der Waals surface area contributed by atoms with E-state index in [1.165, 1.54) is 5.56 Å². The summed E-state index contributed by atoms with van der Waals surface area (Å²) >= 11 is 0. The van der Waals surface area contributed by atoms with Crippen molar-refractivity contribution in [3.63, 3.8) is 0 Å². The monoisotopic (exact) mass is 542 g/mol. The third kappa shape index (κ3) is 5.70. The molecule has 3 aromatic rings. The average molecular weight is 543 g/mol. The number of hydrogen-bond donors (Lipinski definition) is 1. The number of aryl methyl sites for hydroxylation is 1. The normalized spacial score (nSPS) is 23.9. The highest BCUT2D eigenvalue weighted by Gasteiger charge is 2.53. The average Bonchev–Trinajstić information content (AvgIpc) is 3.12. The molecule has 40 heavy (non-hydrogen) atoms. The van der Waals surface area contributed by atoms with Gasteiger partial charge < -0.3 is 19.1 Å². The van der Waals surface area contributed by atoms with E-state index in [4.69, 9.17) is 9.47 Å². The molecule has 210 valence electrons. The molecule has 2 aliphatic heterocycles. The lowest BCUT2D eigenvalue weighted by Crippen LogP contribution is -2.58. The Kier molecular flexibility index (Phi) is 8.38. The second-order valence-corrected chi connectivity index (χ2v) is 11.5. The fourth-order valence-electron chi connectivity index (χ4n) is 6.73. The predicted molar refractivity (Wildman–Crippen MR) is 153 cm³/mol. The van der Waals surface area contributed by atoms with E-state index in [0.717, 1.165) is 42.3 Å². The maximum absolute atomic E-state index is 13.7. The second kappa shape index (κ2) is 11.9. The molecule has 2 bridgehead atoms. The summed E-state index contributed by atoms with van der Waals surface area (Å²) in [7, 11) is 2.33. The van der Waals surface area contributed by atoms with Crippen molar-refractivity contribution in [1.29, 1.82) is 0 Å². The summed E-state index contributed by atoms with van der Waals surface area (Å²) in [5.41, 5.74) is 1.58.